The van der Waals surface area contributed by atoms with Gasteiger partial charge in [0.05, 0.1) is 26.4 Å². The first kappa shape index (κ1) is 28.8. The van der Waals surface area contributed by atoms with Crippen molar-refractivity contribution in [2.75, 3.05) is 26.4 Å². The van der Waals surface area contributed by atoms with Crippen molar-refractivity contribution in [3.8, 4) is 28.7 Å². The van der Waals surface area contributed by atoms with Crippen LogP contribution in [0.15, 0.2) is 98.1 Å². The van der Waals surface area contributed by atoms with Crippen LogP contribution in [0.3, 0.4) is 0 Å². The Morgan fingerprint density at radius 3 is 1.36 bits per heavy atom. The van der Waals surface area contributed by atoms with Crippen LogP contribution >= 0.6 is 0 Å². The van der Waals surface area contributed by atoms with Crippen molar-refractivity contribution in [1.29, 1.82) is 0 Å². The minimum absolute atomic E-state index is 0.285. The van der Waals surface area contributed by atoms with E-state index in [4.69, 9.17) is 28.4 Å². The molecule has 8 heteroatoms. The van der Waals surface area contributed by atoms with Gasteiger partial charge in [0.15, 0.2) is 0 Å². The summed E-state index contributed by atoms with van der Waals surface area (Å²) in [7, 11) is 0. The number of hydrogen-bond acceptors (Lipinski definition) is 8. The van der Waals surface area contributed by atoms with Gasteiger partial charge in [0.2, 0.25) is 0 Å². The quantitative estimate of drug-likeness (QED) is 0.118. The van der Waals surface area contributed by atoms with E-state index in [0.29, 0.717) is 55.7 Å². The van der Waals surface area contributed by atoms with Gasteiger partial charge in [-0.15, -0.1) is 0 Å². The van der Waals surface area contributed by atoms with Gasteiger partial charge in [0.1, 0.15) is 35.4 Å². The van der Waals surface area contributed by atoms with Crippen molar-refractivity contribution < 1.29 is 38.0 Å². The molecular formula is C31H32O8. The third-order valence-electron chi connectivity index (χ3n) is 5.15. The molecule has 3 rings (SSSR count). The third-order valence-corrected chi connectivity index (χ3v) is 5.15. The summed E-state index contributed by atoms with van der Waals surface area (Å²) >= 11 is 0. The largest absolute Gasteiger partial charge is 0.493 e. The second kappa shape index (κ2) is 16.2. The van der Waals surface area contributed by atoms with Gasteiger partial charge >= 0.3 is 11.9 Å². The second-order valence-electron chi connectivity index (χ2n) is 8.12. The molecule has 0 N–H and O–H groups in total. The van der Waals surface area contributed by atoms with Gasteiger partial charge in [0, 0.05) is 25.0 Å². The summed E-state index contributed by atoms with van der Waals surface area (Å²) in [5.41, 5.74) is 0.999. The standard InChI is InChI=1S/C31H32O8/c1-3-30(32)36-21-5-19-34-25-11-13-27(14-12-25)38-23-24-7-9-28(10-8-24)39-29-17-15-26(16-18-29)35-20-6-22-37-31(33)4-2/h3-4,7-18H,1-2,5-6,19-23H2. The molecular weight excluding hydrogens is 500 g/mol. The molecule has 0 atom stereocenters. The predicted molar refractivity (Wildman–Crippen MR) is 146 cm³/mol. The first-order valence-electron chi connectivity index (χ1n) is 12.5. The van der Waals surface area contributed by atoms with Gasteiger partial charge in [-0.05, 0) is 66.2 Å². The van der Waals surface area contributed by atoms with E-state index in [9.17, 15) is 9.59 Å². The van der Waals surface area contributed by atoms with Crippen LogP contribution in [0.5, 0.6) is 28.7 Å². The zero-order chi connectivity index (χ0) is 27.7. The predicted octanol–water partition coefficient (Wildman–Crippen LogP) is 6.05. The van der Waals surface area contributed by atoms with Crippen molar-refractivity contribution in [3.63, 3.8) is 0 Å². The van der Waals surface area contributed by atoms with E-state index in [-0.39, 0.29) is 13.2 Å². The summed E-state index contributed by atoms with van der Waals surface area (Å²) < 4.78 is 32.9. The number of rotatable bonds is 17. The fraction of sp³-hybridized carbons (Fsp3) is 0.226. The SMILES string of the molecule is C=CC(=O)OCCCOc1ccc(OCc2ccc(Oc3ccc(OCCCOC(=O)C=C)cc3)cc2)cc1. The van der Waals surface area contributed by atoms with Crippen LogP contribution in [-0.2, 0) is 25.7 Å². The molecule has 0 unspecified atom stereocenters. The Hall–Kier alpha value is -4.72. The van der Waals surface area contributed by atoms with E-state index < -0.39 is 11.9 Å². The molecule has 0 radical (unpaired) electrons. The Bertz CT molecular complexity index is 1180. The van der Waals surface area contributed by atoms with Crippen LogP contribution in [0, 0.1) is 0 Å². The first-order chi connectivity index (χ1) is 19.1. The van der Waals surface area contributed by atoms with Gasteiger partial charge < -0.3 is 28.4 Å². The van der Waals surface area contributed by atoms with Crippen LogP contribution in [0.1, 0.15) is 18.4 Å². The zero-order valence-corrected chi connectivity index (χ0v) is 21.7. The molecule has 0 bridgehead atoms. The Balaban J connectivity index is 1.34. The fourth-order valence-corrected chi connectivity index (χ4v) is 3.15. The van der Waals surface area contributed by atoms with Crippen molar-refractivity contribution in [2.45, 2.75) is 19.4 Å². The van der Waals surface area contributed by atoms with Crippen LogP contribution < -0.4 is 18.9 Å². The van der Waals surface area contributed by atoms with Crippen molar-refractivity contribution >= 4 is 11.9 Å². The smallest absolute Gasteiger partial charge is 0.330 e. The normalized spacial score (nSPS) is 10.2. The van der Waals surface area contributed by atoms with Crippen molar-refractivity contribution in [1.82, 2.24) is 0 Å². The molecule has 0 aliphatic carbocycles. The fourth-order valence-electron chi connectivity index (χ4n) is 3.15. The average molecular weight is 533 g/mol. The van der Waals surface area contributed by atoms with Gasteiger partial charge in [0.25, 0.3) is 0 Å². The average Bonchev–Trinajstić information content (AvgIpc) is 2.97. The van der Waals surface area contributed by atoms with E-state index in [1.165, 1.54) is 0 Å². The first-order valence-corrected chi connectivity index (χ1v) is 12.5. The van der Waals surface area contributed by atoms with Crippen molar-refractivity contribution in [3.05, 3.63) is 104 Å². The molecule has 0 aliphatic rings. The molecule has 8 nitrogen and oxygen atoms in total. The molecule has 0 aliphatic heterocycles. The molecule has 204 valence electrons. The lowest BCUT2D eigenvalue weighted by Crippen LogP contribution is -2.06. The number of carbonyl (C=O) groups is 2. The third kappa shape index (κ3) is 11.1. The molecule has 0 aromatic heterocycles. The van der Waals surface area contributed by atoms with Crippen LogP contribution in [0.4, 0.5) is 0 Å². The number of ether oxygens (including phenoxy) is 6. The summed E-state index contributed by atoms with van der Waals surface area (Å²) in [4.78, 5) is 22.0. The maximum absolute atomic E-state index is 11.0. The molecule has 0 saturated carbocycles. The minimum Gasteiger partial charge on any atom is -0.493 e. The Labute approximate surface area is 228 Å². The van der Waals surface area contributed by atoms with Gasteiger partial charge in [-0.25, -0.2) is 9.59 Å². The highest BCUT2D eigenvalue weighted by Gasteiger charge is 2.03. The molecule has 0 spiro atoms. The maximum atomic E-state index is 11.0. The Kier molecular flexibility index (Phi) is 12.0. The van der Waals surface area contributed by atoms with E-state index in [1.807, 2.05) is 72.8 Å². The highest BCUT2D eigenvalue weighted by molar-refractivity contribution is 5.81. The summed E-state index contributed by atoms with van der Waals surface area (Å²) in [6.45, 7) is 8.55. The van der Waals surface area contributed by atoms with E-state index in [2.05, 4.69) is 13.2 Å². The zero-order valence-electron chi connectivity index (χ0n) is 21.7. The van der Waals surface area contributed by atoms with E-state index in [1.54, 1.807) is 0 Å². The van der Waals surface area contributed by atoms with Crippen molar-refractivity contribution in [2.24, 2.45) is 0 Å². The highest BCUT2D eigenvalue weighted by atomic mass is 16.5. The lowest BCUT2D eigenvalue weighted by molar-refractivity contribution is -0.138. The number of hydrogen-bond donors (Lipinski definition) is 0. The summed E-state index contributed by atoms with van der Waals surface area (Å²) in [5, 5.41) is 0. The Morgan fingerprint density at radius 1 is 0.538 bits per heavy atom. The molecule has 0 amide bonds. The summed E-state index contributed by atoms with van der Waals surface area (Å²) in [6.07, 6.45) is 3.45. The van der Waals surface area contributed by atoms with Gasteiger partial charge in [-0.1, -0.05) is 25.3 Å². The molecule has 3 aromatic rings. The highest BCUT2D eigenvalue weighted by Crippen LogP contribution is 2.25. The molecule has 3 aromatic carbocycles. The second-order valence-corrected chi connectivity index (χ2v) is 8.12. The molecule has 39 heavy (non-hydrogen) atoms. The monoisotopic (exact) mass is 532 g/mol. The minimum atomic E-state index is -0.437. The van der Waals surface area contributed by atoms with Crippen LogP contribution in [0.25, 0.3) is 0 Å². The van der Waals surface area contributed by atoms with E-state index >= 15 is 0 Å². The topological polar surface area (TPSA) is 89.5 Å². The van der Waals surface area contributed by atoms with Crippen LogP contribution in [-0.4, -0.2) is 38.4 Å². The number of benzene rings is 3. The lowest BCUT2D eigenvalue weighted by atomic mass is 10.2. The number of carbonyl (C=O) groups excluding carboxylic acids is 2. The summed E-state index contributed by atoms with van der Waals surface area (Å²) in [5.74, 6) is 2.66. The van der Waals surface area contributed by atoms with Gasteiger partial charge in [-0.3, -0.25) is 0 Å². The maximum Gasteiger partial charge on any atom is 0.330 e. The number of esters is 2. The Morgan fingerprint density at radius 2 is 0.923 bits per heavy atom. The lowest BCUT2D eigenvalue weighted by Gasteiger charge is -2.10. The molecule has 0 heterocycles. The molecule has 0 saturated heterocycles. The summed E-state index contributed by atoms with van der Waals surface area (Å²) in [6, 6.07) is 22.3. The molecule has 0 fully saturated rings. The van der Waals surface area contributed by atoms with E-state index in [0.717, 1.165) is 23.5 Å². The van der Waals surface area contributed by atoms with Crippen LogP contribution in [0.2, 0.25) is 0 Å². The van der Waals surface area contributed by atoms with Gasteiger partial charge in [-0.2, -0.15) is 0 Å².